The monoisotopic (exact) mass is 567 g/mol. The van der Waals surface area contributed by atoms with Crippen LogP contribution in [0.25, 0.3) is 0 Å². The maximum absolute atomic E-state index is 6.19. The molecule has 1 aromatic heterocycles. The zero-order valence-electron chi connectivity index (χ0n) is 22.0. The van der Waals surface area contributed by atoms with Gasteiger partial charge in [0.2, 0.25) is 23.8 Å². The van der Waals surface area contributed by atoms with Crippen LogP contribution in [0.5, 0.6) is 17.2 Å². The number of thiocarbonyl (C=S) groups is 1. The normalized spacial score (nSPS) is 15.3. The molecule has 1 fully saturated rings. The number of anilines is 2. The Morgan fingerprint density at radius 3 is 2.49 bits per heavy atom. The summed E-state index contributed by atoms with van der Waals surface area (Å²) in [6.07, 6.45) is 0. The number of fused-ring (bicyclic) bond motifs is 1. The number of piperazine rings is 1. The van der Waals surface area contributed by atoms with Crippen LogP contribution >= 0.6 is 23.8 Å². The van der Waals surface area contributed by atoms with Crippen molar-refractivity contribution in [2.24, 2.45) is 4.99 Å². The molecule has 2 aromatic carbocycles. The molecule has 0 atom stereocenters. The zero-order valence-corrected chi connectivity index (χ0v) is 23.6. The molecule has 12 heteroatoms. The number of methoxy groups -OCH3 is 1. The van der Waals surface area contributed by atoms with Gasteiger partial charge in [0.05, 0.1) is 12.8 Å². The second kappa shape index (κ2) is 12.0. The van der Waals surface area contributed by atoms with Crippen molar-refractivity contribution in [3.63, 3.8) is 0 Å². The summed E-state index contributed by atoms with van der Waals surface area (Å²) >= 11 is 11.8. The SMILES string of the molecule is COc1ccc(Cl)cc1NC(=S)/N=C(\Nc1nc(C)cc(C)n1)N1CCN(Cc2ccc3c(c2)OCO3)CC1. The summed E-state index contributed by atoms with van der Waals surface area (Å²) in [5.41, 5.74) is 3.54. The van der Waals surface area contributed by atoms with E-state index < -0.39 is 0 Å². The lowest BCUT2D eigenvalue weighted by molar-refractivity contribution is 0.172. The molecule has 0 amide bonds. The Labute approximate surface area is 238 Å². The quantitative estimate of drug-likeness (QED) is 0.261. The van der Waals surface area contributed by atoms with Crippen LogP contribution in [-0.4, -0.2) is 70.9 Å². The largest absolute Gasteiger partial charge is 0.495 e. The molecule has 3 heterocycles. The Bertz CT molecular complexity index is 1380. The van der Waals surface area contributed by atoms with E-state index in [1.54, 1.807) is 25.3 Å². The Kier molecular flexibility index (Phi) is 8.30. The minimum Gasteiger partial charge on any atom is -0.495 e. The summed E-state index contributed by atoms with van der Waals surface area (Å²) in [6, 6.07) is 13.3. The van der Waals surface area contributed by atoms with Crippen molar-refractivity contribution in [2.45, 2.75) is 20.4 Å². The van der Waals surface area contributed by atoms with E-state index >= 15 is 0 Å². The van der Waals surface area contributed by atoms with Crippen LogP contribution in [0.2, 0.25) is 5.02 Å². The van der Waals surface area contributed by atoms with Crippen LogP contribution in [0, 0.1) is 13.8 Å². The topological polar surface area (TPSA) is 96.4 Å². The molecular weight excluding hydrogens is 538 g/mol. The number of nitrogens with one attached hydrogen (secondary N) is 2. The Morgan fingerprint density at radius 2 is 1.74 bits per heavy atom. The van der Waals surface area contributed by atoms with Gasteiger partial charge in [-0.1, -0.05) is 17.7 Å². The summed E-state index contributed by atoms with van der Waals surface area (Å²) in [7, 11) is 1.59. The highest BCUT2D eigenvalue weighted by Crippen LogP contribution is 2.33. The molecular formula is C27H30ClN7O3S. The number of benzene rings is 2. The molecule has 2 aliphatic heterocycles. The highest BCUT2D eigenvalue weighted by atomic mass is 35.5. The van der Waals surface area contributed by atoms with Crippen molar-refractivity contribution in [1.29, 1.82) is 0 Å². The number of guanidine groups is 1. The molecule has 204 valence electrons. The van der Waals surface area contributed by atoms with Crippen molar-refractivity contribution in [2.75, 3.05) is 50.7 Å². The Morgan fingerprint density at radius 1 is 1.00 bits per heavy atom. The van der Waals surface area contributed by atoms with Crippen LogP contribution < -0.4 is 24.8 Å². The van der Waals surface area contributed by atoms with E-state index in [0.29, 0.717) is 28.4 Å². The molecule has 3 aromatic rings. The van der Waals surface area contributed by atoms with Crippen LogP contribution in [0.15, 0.2) is 47.5 Å². The molecule has 0 aliphatic carbocycles. The smallest absolute Gasteiger partial charge is 0.231 e. The van der Waals surface area contributed by atoms with Gasteiger partial charge in [0, 0.05) is 49.1 Å². The zero-order chi connectivity index (χ0) is 27.4. The van der Waals surface area contributed by atoms with Crippen LogP contribution in [0.4, 0.5) is 11.6 Å². The number of rotatable bonds is 5. The third-order valence-electron chi connectivity index (χ3n) is 6.33. The molecule has 0 bridgehead atoms. The Balaban J connectivity index is 1.31. The first-order valence-electron chi connectivity index (χ1n) is 12.5. The lowest BCUT2D eigenvalue weighted by atomic mass is 10.1. The summed E-state index contributed by atoms with van der Waals surface area (Å²) in [6.45, 7) is 8.12. The lowest BCUT2D eigenvalue weighted by Gasteiger charge is -2.36. The number of aryl methyl sites for hydroxylation is 2. The van der Waals surface area contributed by atoms with E-state index in [9.17, 15) is 0 Å². The molecule has 0 radical (unpaired) electrons. The van der Waals surface area contributed by atoms with Gasteiger partial charge < -0.3 is 24.4 Å². The number of aliphatic imine (C=N–C) groups is 1. The fourth-order valence-electron chi connectivity index (χ4n) is 4.49. The van der Waals surface area contributed by atoms with Crippen LogP contribution in [0.3, 0.4) is 0 Å². The highest BCUT2D eigenvalue weighted by molar-refractivity contribution is 7.80. The van der Waals surface area contributed by atoms with Crippen molar-refractivity contribution in [3.05, 3.63) is 64.4 Å². The molecule has 2 aliphatic rings. The third kappa shape index (κ3) is 6.86. The van der Waals surface area contributed by atoms with E-state index in [1.165, 1.54) is 5.56 Å². The maximum atomic E-state index is 6.19. The minimum atomic E-state index is 0.255. The van der Waals surface area contributed by atoms with Gasteiger partial charge in [0.25, 0.3) is 0 Å². The predicted molar refractivity (Wildman–Crippen MR) is 156 cm³/mol. The molecule has 10 nitrogen and oxygen atoms in total. The first-order valence-corrected chi connectivity index (χ1v) is 13.3. The molecule has 1 saturated heterocycles. The van der Waals surface area contributed by atoms with Gasteiger partial charge in [0.1, 0.15) is 5.75 Å². The fraction of sp³-hybridized carbons (Fsp3) is 0.333. The standard InChI is InChI=1S/C27H30ClN7O3S/c1-17-12-18(2)30-25(29-17)32-26(33-27(39)31-21-14-20(28)5-7-22(21)36-3)35-10-8-34(9-11-35)15-19-4-6-23-24(13-19)38-16-37-23/h4-7,12-14H,8-11,15-16H2,1-3H3,(H2,29,30,31,32,33,39). The lowest BCUT2D eigenvalue weighted by Crippen LogP contribution is -2.50. The number of hydrogen-bond donors (Lipinski definition) is 2. The predicted octanol–water partition coefficient (Wildman–Crippen LogP) is 4.47. The molecule has 5 rings (SSSR count). The van der Waals surface area contributed by atoms with Gasteiger partial charge in [-0.25, -0.2) is 9.97 Å². The van der Waals surface area contributed by atoms with Gasteiger partial charge in [-0.15, -0.1) is 0 Å². The van der Waals surface area contributed by atoms with Gasteiger partial charge in [-0.3, -0.25) is 10.2 Å². The maximum Gasteiger partial charge on any atom is 0.231 e. The van der Waals surface area contributed by atoms with E-state index in [2.05, 4.69) is 42.5 Å². The summed E-state index contributed by atoms with van der Waals surface area (Å²) in [5.74, 6) is 3.25. The molecule has 2 N–H and O–H groups in total. The Hall–Kier alpha value is -3.67. The van der Waals surface area contributed by atoms with Crippen molar-refractivity contribution < 1.29 is 14.2 Å². The second-order valence-corrected chi connectivity index (χ2v) is 10.1. The highest BCUT2D eigenvalue weighted by Gasteiger charge is 2.23. The second-order valence-electron chi connectivity index (χ2n) is 9.26. The van der Waals surface area contributed by atoms with Gasteiger partial charge >= 0.3 is 0 Å². The van der Waals surface area contributed by atoms with E-state index in [4.69, 9.17) is 43.0 Å². The number of nitrogens with zero attached hydrogens (tertiary/aromatic N) is 5. The first-order chi connectivity index (χ1) is 18.9. The number of ether oxygens (including phenoxy) is 3. The molecule has 0 spiro atoms. The summed E-state index contributed by atoms with van der Waals surface area (Å²) < 4.78 is 16.4. The molecule has 0 unspecified atom stereocenters. The number of aromatic nitrogens is 2. The van der Waals surface area contributed by atoms with Crippen molar-refractivity contribution >= 4 is 46.5 Å². The van der Waals surface area contributed by atoms with E-state index in [-0.39, 0.29) is 11.9 Å². The summed E-state index contributed by atoms with van der Waals surface area (Å²) in [5, 5.41) is 7.25. The minimum absolute atomic E-state index is 0.255. The molecule has 39 heavy (non-hydrogen) atoms. The van der Waals surface area contributed by atoms with Crippen LogP contribution in [0.1, 0.15) is 17.0 Å². The number of halogens is 1. The summed E-state index contributed by atoms with van der Waals surface area (Å²) in [4.78, 5) is 18.3. The van der Waals surface area contributed by atoms with E-state index in [1.807, 2.05) is 26.0 Å². The molecule has 0 saturated carbocycles. The fourth-order valence-corrected chi connectivity index (χ4v) is 4.86. The van der Waals surface area contributed by atoms with E-state index in [0.717, 1.165) is 55.6 Å². The number of hydrogen-bond acceptors (Lipinski definition) is 7. The third-order valence-corrected chi connectivity index (χ3v) is 6.76. The van der Waals surface area contributed by atoms with Crippen molar-refractivity contribution in [3.8, 4) is 17.2 Å². The first kappa shape index (κ1) is 26.9. The van der Waals surface area contributed by atoms with Crippen molar-refractivity contribution in [1.82, 2.24) is 19.8 Å². The van der Waals surface area contributed by atoms with Gasteiger partial charge in [0.15, 0.2) is 11.5 Å². The van der Waals surface area contributed by atoms with Crippen LogP contribution in [-0.2, 0) is 6.54 Å². The average Bonchev–Trinajstić information content (AvgIpc) is 3.36. The van der Waals surface area contributed by atoms with Gasteiger partial charge in [-0.05, 0) is 68.0 Å². The average molecular weight is 568 g/mol. The van der Waals surface area contributed by atoms with Gasteiger partial charge in [-0.2, -0.15) is 4.99 Å².